The molecular formula is C14H26F3IN4O2S. The number of likely N-dealkylation sites (tertiary alicyclic amines) is 1. The number of sulfonamides is 1. The molecular weight excluding hydrogens is 472 g/mol. The predicted octanol–water partition coefficient (Wildman–Crippen LogP) is 2.21. The zero-order valence-corrected chi connectivity index (χ0v) is 17.4. The highest BCUT2D eigenvalue weighted by molar-refractivity contribution is 14.0. The third kappa shape index (κ3) is 5.84. The van der Waals surface area contributed by atoms with E-state index in [9.17, 15) is 21.6 Å². The summed E-state index contributed by atoms with van der Waals surface area (Å²) in [5.41, 5.74) is 0.757. The maximum atomic E-state index is 12.5. The molecule has 0 spiro atoms. The van der Waals surface area contributed by atoms with E-state index in [1.54, 1.807) is 0 Å². The van der Waals surface area contributed by atoms with Gasteiger partial charge >= 0.3 is 15.5 Å². The van der Waals surface area contributed by atoms with Crippen molar-refractivity contribution in [3.05, 3.63) is 0 Å². The molecule has 2 saturated heterocycles. The largest absolute Gasteiger partial charge is 0.511 e. The number of nitrogens with two attached hydrogens (primary N) is 1. The Hall–Kier alpha value is -0.300. The first-order valence-corrected chi connectivity index (χ1v) is 9.66. The van der Waals surface area contributed by atoms with Crippen molar-refractivity contribution in [2.24, 2.45) is 22.6 Å². The van der Waals surface area contributed by atoms with E-state index in [-0.39, 0.29) is 43.0 Å². The van der Waals surface area contributed by atoms with Crippen LogP contribution in [0.3, 0.4) is 0 Å². The lowest BCUT2D eigenvalue weighted by Gasteiger charge is -2.32. The second-order valence-corrected chi connectivity index (χ2v) is 8.59. The highest BCUT2D eigenvalue weighted by Crippen LogP contribution is 2.30. The Labute approximate surface area is 164 Å². The van der Waals surface area contributed by atoms with Crippen LogP contribution in [0.15, 0.2) is 4.99 Å². The second-order valence-electron chi connectivity index (χ2n) is 6.66. The summed E-state index contributed by atoms with van der Waals surface area (Å²) in [6.45, 7) is 4.13. The van der Waals surface area contributed by atoms with E-state index < -0.39 is 15.5 Å². The fraction of sp³-hybridized carbons (Fsp3) is 0.929. The number of piperidine rings is 2. The van der Waals surface area contributed by atoms with Crippen LogP contribution in [0.25, 0.3) is 0 Å². The zero-order valence-electron chi connectivity index (χ0n) is 14.2. The van der Waals surface area contributed by atoms with E-state index in [1.165, 1.54) is 0 Å². The predicted molar refractivity (Wildman–Crippen MR) is 101 cm³/mol. The van der Waals surface area contributed by atoms with Gasteiger partial charge in [0.15, 0.2) is 5.96 Å². The standard InChI is InChI=1S/C14H25F3N4O2S.HI/c1-11-2-6-20(7-3-11)13(18)19-10-12-4-8-21(9-5-12)24(22,23)14(15,16)17;/h11-12H,2-10H2,1H3,(H2,18,19);1H. The van der Waals surface area contributed by atoms with Gasteiger partial charge in [0.1, 0.15) is 0 Å². The maximum Gasteiger partial charge on any atom is 0.511 e. The minimum atomic E-state index is -5.23. The van der Waals surface area contributed by atoms with Gasteiger partial charge in [0.25, 0.3) is 0 Å². The van der Waals surface area contributed by atoms with Gasteiger partial charge in [-0.1, -0.05) is 6.92 Å². The van der Waals surface area contributed by atoms with Crippen LogP contribution >= 0.6 is 24.0 Å². The van der Waals surface area contributed by atoms with E-state index in [2.05, 4.69) is 11.9 Å². The fourth-order valence-corrected chi connectivity index (χ4v) is 4.02. The molecule has 0 atom stereocenters. The molecule has 0 aliphatic carbocycles. The highest BCUT2D eigenvalue weighted by Gasteiger charge is 2.50. The van der Waals surface area contributed by atoms with Gasteiger partial charge in [0.2, 0.25) is 0 Å². The minimum Gasteiger partial charge on any atom is -0.370 e. The first-order valence-electron chi connectivity index (χ1n) is 8.22. The van der Waals surface area contributed by atoms with Crippen LogP contribution in [-0.2, 0) is 10.0 Å². The molecule has 2 heterocycles. The SMILES string of the molecule is CC1CCN(C(N)=NCC2CCN(S(=O)(=O)C(F)(F)F)CC2)CC1.I. The topological polar surface area (TPSA) is 79.0 Å². The number of hydrogen-bond acceptors (Lipinski definition) is 3. The highest BCUT2D eigenvalue weighted by atomic mass is 127. The fourth-order valence-electron chi connectivity index (χ4n) is 3.04. The molecule has 2 rings (SSSR count). The van der Waals surface area contributed by atoms with Crippen molar-refractivity contribution < 1.29 is 21.6 Å². The van der Waals surface area contributed by atoms with Crippen molar-refractivity contribution in [1.29, 1.82) is 0 Å². The van der Waals surface area contributed by atoms with E-state index in [0.717, 1.165) is 25.9 Å². The summed E-state index contributed by atoms with van der Waals surface area (Å²) in [5, 5.41) is 0. The summed E-state index contributed by atoms with van der Waals surface area (Å²) in [5.74, 6) is 1.23. The van der Waals surface area contributed by atoms with Crippen LogP contribution in [0.4, 0.5) is 13.2 Å². The number of aliphatic imine (C=N–C) groups is 1. The molecule has 2 aliphatic rings. The van der Waals surface area contributed by atoms with Crippen LogP contribution in [0, 0.1) is 11.8 Å². The number of guanidine groups is 1. The van der Waals surface area contributed by atoms with Crippen molar-refractivity contribution in [3.8, 4) is 0 Å². The van der Waals surface area contributed by atoms with Gasteiger partial charge in [0.05, 0.1) is 0 Å². The molecule has 0 radical (unpaired) electrons. The van der Waals surface area contributed by atoms with Crippen molar-refractivity contribution in [1.82, 2.24) is 9.21 Å². The van der Waals surface area contributed by atoms with Crippen molar-refractivity contribution in [3.63, 3.8) is 0 Å². The molecule has 0 aromatic carbocycles. The molecule has 0 unspecified atom stereocenters. The zero-order chi connectivity index (χ0) is 18.0. The lowest BCUT2D eigenvalue weighted by molar-refractivity contribution is -0.0496. The molecule has 2 aliphatic heterocycles. The number of halogens is 4. The van der Waals surface area contributed by atoms with Gasteiger partial charge in [-0.05, 0) is 37.5 Å². The van der Waals surface area contributed by atoms with Gasteiger partial charge < -0.3 is 10.6 Å². The minimum absolute atomic E-state index is 0. The van der Waals surface area contributed by atoms with Gasteiger partial charge in [0, 0.05) is 32.7 Å². The molecule has 0 saturated carbocycles. The van der Waals surface area contributed by atoms with Crippen molar-refractivity contribution in [2.75, 3.05) is 32.7 Å². The number of rotatable bonds is 3. The summed E-state index contributed by atoms with van der Waals surface area (Å²) in [6, 6.07) is 0. The first-order chi connectivity index (χ1) is 11.1. The van der Waals surface area contributed by atoms with Crippen LogP contribution in [0.1, 0.15) is 32.6 Å². The Morgan fingerprint density at radius 1 is 1.12 bits per heavy atom. The molecule has 148 valence electrons. The van der Waals surface area contributed by atoms with Crippen molar-refractivity contribution >= 4 is 40.0 Å². The maximum absolute atomic E-state index is 12.5. The number of alkyl halides is 3. The molecule has 0 bridgehead atoms. The Bertz CT molecular complexity index is 555. The average molecular weight is 498 g/mol. The van der Waals surface area contributed by atoms with E-state index in [1.807, 2.05) is 4.90 Å². The third-order valence-electron chi connectivity index (χ3n) is 4.83. The van der Waals surface area contributed by atoms with E-state index >= 15 is 0 Å². The molecule has 0 aromatic heterocycles. The molecule has 6 nitrogen and oxygen atoms in total. The molecule has 0 amide bonds. The second kappa shape index (κ2) is 9.07. The lowest BCUT2D eigenvalue weighted by atomic mass is 9.98. The molecule has 2 N–H and O–H groups in total. The molecule has 2 fully saturated rings. The van der Waals surface area contributed by atoms with Crippen LogP contribution < -0.4 is 5.73 Å². The smallest absolute Gasteiger partial charge is 0.370 e. The average Bonchev–Trinajstić information content (AvgIpc) is 2.52. The summed E-state index contributed by atoms with van der Waals surface area (Å²) in [4.78, 5) is 6.39. The molecule has 0 aromatic rings. The van der Waals surface area contributed by atoms with Crippen molar-refractivity contribution in [2.45, 2.75) is 38.1 Å². The first kappa shape index (κ1) is 22.7. The van der Waals surface area contributed by atoms with Gasteiger partial charge in [-0.15, -0.1) is 24.0 Å². The van der Waals surface area contributed by atoms with Crippen LogP contribution in [-0.4, -0.2) is 61.8 Å². The summed E-state index contributed by atoms with van der Waals surface area (Å²) in [6.07, 6.45) is 2.88. The quantitative estimate of drug-likeness (QED) is 0.368. The Balaban J connectivity index is 0.00000312. The Morgan fingerprint density at radius 2 is 1.64 bits per heavy atom. The lowest BCUT2D eigenvalue weighted by Crippen LogP contribution is -2.45. The summed E-state index contributed by atoms with van der Waals surface area (Å²) < 4.78 is 60.8. The Kier molecular flexibility index (Phi) is 8.25. The van der Waals surface area contributed by atoms with Gasteiger partial charge in [-0.2, -0.15) is 17.5 Å². The van der Waals surface area contributed by atoms with Crippen LogP contribution in [0.5, 0.6) is 0 Å². The summed E-state index contributed by atoms with van der Waals surface area (Å²) >= 11 is 0. The van der Waals surface area contributed by atoms with E-state index in [4.69, 9.17) is 5.73 Å². The third-order valence-corrected chi connectivity index (χ3v) is 6.45. The Morgan fingerprint density at radius 3 is 2.12 bits per heavy atom. The molecule has 25 heavy (non-hydrogen) atoms. The summed E-state index contributed by atoms with van der Waals surface area (Å²) in [7, 11) is -5.21. The molecule has 11 heteroatoms. The van der Waals surface area contributed by atoms with Gasteiger partial charge in [-0.25, -0.2) is 8.42 Å². The van der Waals surface area contributed by atoms with Crippen LogP contribution in [0.2, 0.25) is 0 Å². The monoisotopic (exact) mass is 498 g/mol. The van der Waals surface area contributed by atoms with Gasteiger partial charge in [-0.3, -0.25) is 4.99 Å². The number of hydrogen-bond donors (Lipinski definition) is 1. The van der Waals surface area contributed by atoms with E-state index in [0.29, 0.717) is 35.6 Å². The number of nitrogens with zero attached hydrogens (tertiary/aromatic N) is 3. The normalized spacial score (nSPS) is 22.7.